The topological polar surface area (TPSA) is 20.1 Å². The number of nitroso groups, excluding NO2 is 1. The molecule has 1 rings (SSSR count). The van der Waals surface area contributed by atoms with Gasteiger partial charge in [-0.2, -0.15) is 0 Å². The van der Waals surface area contributed by atoms with Crippen molar-refractivity contribution in [2.75, 3.05) is 7.05 Å². The molecule has 0 bridgehead atoms. The van der Waals surface area contributed by atoms with Gasteiger partial charge in [0.05, 0.1) is 0 Å². The minimum Gasteiger partial charge on any atom is -0.0900 e. The summed E-state index contributed by atoms with van der Waals surface area (Å²) in [6.45, 7) is 0. The summed E-state index contributed by atoms with van der Waals surface area (Å²) in [4.78, 5) is 10.7. The van der Waals surface area contributed by atoms with Gasteiger partial charge in [-0.25, -0.2) is 0 Å². The zero-order valence-electron chi connectivity index (χ0n) is 5.74. The van der Waals surface area contributed by atoms with E-state index in [-0.39, 0.29) is 0 Å². The first-order valence-corrected chi connectivity index (χ1v) is 2.96. The Hall–Kier alpha value is -1.12. The van der Waals surface area contributed by atoms with Gasteiger partial charge in [0.2, 0.25) is 0 Å². The Kier molecular flexibility index (Phi) is 1.85. The summed E-state index contributed by atoms with van der Waals surface area (Å²) in [5.74, 6) is 0. The lowest BCUT2D eigenvalue weighted by Crippen LogP contribution is -2.02. The van der Waals surface area contributed by atoms with Crippen molar-refractivity contribution in [3.8, 4) is 0 Å². The number of nitrogens with zero attached hydrogens (tertiary/aromatic N) is 1. The fourth-order valence-electron chi connectivity index (χ4n) is 0.721. The number of benzene rings is 1. The van der Waals surface area contributed by atoms with Crippen molar-refractivity contribution in [2.24, 2.45) is 0 Å². The van der Waals surface area contributed by atoms with E-state index >= 15 is 0 Å². The molecule has 0 aliphatic carbocycles. The summed E-state index contributed by atoms with van der Waals surface area (Å²) in [7, 11) is 6.87. The molecule has 1 aromatic carbocycles. The first kappa shape index (κ1) is 7.00. The van der Waals surface area contributed by atoms with Crippen LogP contribution in [0.3, 0.4) is 0 Å². The van der Waals surface area contributed by atoms with Gasteiger partial charge in [0.1, 0.15) is 7.85 Å². The maximum absolute atomic E-state index is 10.7. The third-order valence-corrected chi connectivity index (χ3v) is 1.23. The molecule has 0 atom stereocenters. The highest BCUT2D eigenvalue weighted by atomic mass is 16.3. The fourth-order valence-corrected chi connectivity index (χ4v) is 0.721. The van der Waals surface area contributed by atoms with Crippen molar-refractivity contribution in [1.29, 1.82) is 0 Å². The van der Waals surface area contributed by atoms with Crippen molar-refractivity contribution in [3.63, 3.8) is 0 Å². The van der Waals surface area contributed by atoms with Gasteiger partial charge in [-0.3, -0.25) is 0 Å². The average Bonchev–Trinajstić information content (AvgIpc) is 1.88. The van der Waals surface area contributed by atoms with Crippen LogP contribution >= 0.6 is 0 Å². The summed E-state index contributed by atoms with van der Waals surface area (Å²) in [5, 5.41) is 0. The van der Waals surface area contributed by atoms with E-state index in [0.29, 0.717) is 11.2 Å². The summed E-state index contributed by atoms with van der Waals surface area (Å²) in [5.41, 5.74) is 1.19. The molecule has 2 nitrogen and oxygen atoms in total. The van der Waals surface area contributed by atoms with Gasteiger partial charge in [0, 0.05) is 21.8 Å². The molecular weight excluding hydrogens is 125 g/mol. The Morgan fingerprint density at radius 2 is 2.20 bits per heavy atom. The summed E-state index contributed by atoms with van der Waals surface area (Å²) in [6.07, 6.45) is 0. The second-order valence-electron chi connectivity index (χ2n) is 2.09. The van der Waals surface area contributed by atoms with Crippen LogP contribution in [0.15, 0.2) is 24.3 Å². The maximum Gasteiger partial charge on any atom is 0.254 e. The van der Waals surface area contributed by atoms with E-state index in [1.54, 1.807) is 24.3 Å². The Labute approximate surface area is 60.9 Å². The molecule has 0 aliphatic heterocycles. The van der Waals surface area contributed by atoms with Gasteiger partial charge in [0.15, 0.2) is 7.05 Å². The van der Waals surface area contributed by atoms with Crippen LogP contribution in [0, 0.1) is 4.91 Å². The first-order valence-electron chi connectivity index (χ1n) is 2.96. The van der Waals surface area contributed by atoms with Gasteiger partial charge in [0.25, 0.3) is 5.69 Å². The lowest BCUT2D eigenvalue weighted by Gasteiger charge is -1.89. The van der Waals surface area contributed by atoms with Gasteiger partial charge in [-0.1, -0.05) is 17.6 Å². The Balaban J connectivity index is 3.07. The Morgan fingerprint density at radius 1 is 1.50 bits per heavy atom. The van der Waals surface area contributed by atoms with Crippen LogP contribution in [-0.4, -0.2) is 19.7 Å². The van der Waals surface area contributed by atoms with E-state index < -0.39 is 0 Å². The van der Waals surface area contributed by atoms with Crippen molar-refractivity contribution >= 4 is 19.0 Å². The van der Waals surface area contributed by atoms with E-state index in [1.807, 2.05) is 0 Å². The zero-order chi connectivity index (χ0) is 7.56. The molecule has 48 valence electrons. The third-order valence-electron chi connectivity index (χ3n) is 1.23. The first-order chi connectivity index (χ1) is 4.70. The zero-order valence-corrected chi connectivity index (χ0v) is 5.74. The van der Waals surface area contributed by atoms with E-state index in [1.165, 1.54) is 7.05 Å². The molecule has 0 aliphatic rings. The predicted octanol–water partition coefficient (Wildman–Crippen LogP) is 0.521. The molecule has 0 amide bonds. The average molecular weight is 132 g/mol. The molecule has 0 aromatic heterocycles. The molecule has 0 saturated carbocycles. The number of hydrogen-bond acceptors (Lipinski definition) is 1. The molecule has 0 fully saturated rings. The van der Waals surface area contributed by atoms with Crippen molar-refractivity contribution < 1.29 is 4.76 Å². The van der Waals surface area contributed by atoms with Crippen molar-refractivity contribution in [2.45, 2.75) is 0 Å². The maximum atomic E-state index is 10.7. The molecule has 2 radical (unpaired) electrons. The number of rotatable bonds is 1. The molecule has 0 unspecified atom stereocenters. The smallest absolute Gasteiger partial charge is 0.0900 e. The third kappa shape index (κ3) is 1.44. The molecule has 3 heteroatoms. The second kappa shape index (κ2) is 2.65. The van der Waals surface area contributed by atoms with E-state index in [4.69, 9.17) is 7.85 Å². The van der Waals surface area contributed by atoms with Crippen LogP contribution in [0.2, 0.25) is 0 Å². The minimum absolute atomic E-state index is 0.583. The fraction of sp³-hybridized carbons (Fsp3) is 0.143. The number of hydrogen-bond donors (Lipinski definition) is 0. The second-order valence-corrected chi connectivity index (χ2v) is 2.09. The monoisotopic (exact) mass is 132 g/mol. The van der Waals surface area contributed by atoms with E-state index in [0.717, 1.165) is 4.76 Å². The van der Waals surface area contributed by atoms with Gasteiger partial charge in [-0.15, -0.1) is 0 Å². The van der Waals surface area contributed by atoms with Gasteiger partial charge < -0.3 is 0 Å². The predicted molar refractivity (Wildman–Crippen MR) is 41.0 cm³/mol. The SMILES string of the molecule is [B]c1cccc([N+](C)=O)c1. The molecule has 0 spiro atoms. The molecule has 0 N–H and O–H groups in total. The molecule has 0 heterocycles. The highest BCUT2D eigenvalue weighted by molar-refractivity contribution is 6.32. The highest BCUT2D eigenvalue weighted by Gasteiger charge is 2.03. The van der Waals surface area contributed by atoms with E-state index in [2.05, 4.69) is 0 Å². The van der Waals surface area contributed by atoms with Gasteiger partial charge >= 0.3 is 0 Å². The molecule has 10 heavy (non-hydrogen) atoms. The quantitative estimate of drug-likeness (QED) is 0.402. The van der Waals surface area contributed by atoms with Crippen LogP contribution in [0.1, 0.15) is 0 Å². The largest absolute Gasteiger partial charge is 0.254 e. The van der Waals surface area contributed by atoms with Crippen LogP contribution in [0.4, 0.5) is 5.69 Å². The normalized spacial score (nSPS) is 9.30. The van der Waals surface area contributed by atoms with Crippen LogP contribution < -0.4 is 5.46 Å². The standard InChI is InChI=1S/C7H7BNO/c1-9(10)7-4-2-3-6(8)5-7/h2-5H,1H3/q+1. The highest BCUT2D eigenvalue weighted by Crippen LogP contribution is 2.04. The lowest BCUT2D eigenvalue weighted by atomic mass is 9.96. The van der Waals surface area contributed by atoms with Crippen molar-refractivity contribution in [3.05, 3.63) is 29.2 Å². The summed E-state index contributed by atoms with van der Waals surface area (Å²) < 4.78 is 0.774. The van der Waals surface area contributed by atoms with Gasteiger partial charge in [-0.05, 0) is 0 Å². The molecular formula is C7H7BNO+. The molecule has 1 aromatic rings. The lowest BCUT2D eigenvalue weighted by molar-refractivity contribution is -0.428. The van der Waals surface area contributed by atoms with Crippen LogP contribution in [0.5, 0.6) is 0 Å². The minimum atomic E-state index is 0.583. The van der Waals surface area contributed by atoms with E-state index in [9.17, 15) is 4.91 Å². The summed E-state index contributed by atoms with van der Waals surface area (Å²) in [6, 6.07) is 6.84. The molecule has 0 saturated heterocycles. The Morgan fingerprint density at radius 3 is 2.60 bits per heavy atom. The van der Waals surface area contributed by atoms with Crippen molar-refractivity contribution in [1.82, 2.24) is 0 Å². The Bertz CT molecular complexity index is 260. The van der Waals surface area contributed by atoms with Crippen LogP contribution in [-0.2, 0) is 0 Å². The van der Waals surface area contributed by atoms with Crippen LogP contribution in [0.25, 0.3) is 0 Å². The summed E-state index contributed by atoms with van der Waals surface area (Å²) >= 11 is 0.